The van der Waals surface area contributed by atoms with Crippen LogP contribution in [0.1, 0.15) is 31.2 Å². The fraction of sp³-hybridized carbons (Fsp3) is 0.250. The van der Waals surface area contributed by atoms with Gasteiger partial charge in [-0.25, -0.2) is 0 Å². The average Bonchev–Trinajstić information content (AvgIpc) is 3.53. The molecule has 0 bridgehead atoms. The number of rotatable bonds is 7. The Bertz CT molecular complexity index is 1310. The second kappa shape index (κ2) is 10.4. The highest BCUT2D eigenvalue weighted by molar-refractivity contribution is 7.10. The summed E-state index contributed by atoms with van der Waals surface area (Å²) in [6, 6.07) is 17.0. The molecular formula is C28H27N3O4S. The minimum absolute atomic E-state index is 0.0173. The zero-order valence-electron chi connectivity index (χ0n) is 20.1. The molecule has 1 aromatic heterocycles. The molecule has 0 atom stereocenters. The number of imide groups is 1. The number of anilines is 1. The van der Waals surface area contributed by atoms with Crippen LogP contribution in [-0.4, -0.2) is 67.4 Å². The molecule has 0 N–H and O–H groups in total. The van der Waals surface area contributed by atoms with Crippen LogP contribution in [0, 0.1) is 0 Å². The third-order valence-electron chi connectivity index (χ3n) is 6.60. The van der Waals surface area contributed by atoms with Crippen molar-refractivity contribution in [2.24, 2.45) is 0 Å². The van der Waals surface area contributed by atoms with Crippen LogP contribution < -0.4 is 9.64 Å². The molecule has 3 amide bonds. The van der Waals surface area contributed by atoms with Gasteiger partial charge in [-0.15, -0.1) is 11.3 Å². The summed E-state index contributed by atoms with van der Waals surface area (Å²) >= 11 is 1.59. The van der Waals surface area contributed by atoms with Gasteiger partial charge in [0.15, 0.2) is 0 Å². The number of nitrogens with zero attached hydrogens (tertiary/aromatic N) is 3. The summed E-state index contributed by atoms with van der Waals surface area (Å²) in [4.78, 5) is 45.4. The van der Waals surface area contributed by atoms with Crippen molar-refractivity contribution >= 4 is 40.8 Å². The summed E-state index contributed by atoms with van der Waals surface area (Å²) in [6.45, 7) is 2.61. The van der Waals surface area contributed by atoms with Crippen LogP contribution in [0.5, 0.6) is 5.75 Å². The van der Waals surface area contributed by atoms with Crippen molar-refractivity contribution in [3.8, 4) is 5.75 Å². The van der Waals surface area contributed by atoms with Crippen LogP contribution in [0.2, 0.25) is 0 Å². The van der Waals surface area contributed by atoms with Gasteiger partial charge < -0.3 is 14.5 Å². The first-order valence-electron chi connectivity index (χ1n) is 11.9. The van der Waals surface area contributed by atoms with Gasteiger partial charge in [0.25, 0.3) is 11.8 Å². The molecule has 0 radical (unpaired) electrons. The maximum absolute atomic E-state index is 13.4. The minimum atomic E-state index is -0.258. The molecule has 3 aromatic rings. The molecule has 0 saturated carbocycles. The van der Waals surface area contributed by atoms with Gasteiger partial charge in [-0.1, -0.05) is 24.3 Å². The second-order valence-electron chi connectivity index (χ2n) is 8.72. The maximum Gasteiger partial charge on any atom is 0.263 e. The predicted molar refractivity (Wildman–Crippen MR) is 141 cm³/mol. The number of carbonyl (C=O) groups is 3. The first-order valence-corrected chi connectivity index (χ1v) is 12.8. The van der Waals surface area contributed by atoms with Crippen LogP contribution in [0.25, 0.3) is 6.08 Å². The number of ether oxygens (including phenoxy) is 1. The lowest BCUT2D eigenvalue weighted by Crippen LogP contribution is -2.48. The molecule has 2 aliphatic rings. The molecular weight excluding hydrogens is 474 g/mol. The Hall–Kier alpha value is -3.91. The van der Waals surface area contributed by atoms with E-state index >= 15 is 0 Å². The Morgan fingerprint density at radius 1 is 1.00 bits per heavy atom. The highest BCUT2D eigenvalue weighted by Crippen LogP contribution is 2.32. The van der Waals surface area contributed by atoms with Crippen LogP contribution in [-0.2, 0) is 11.2 Å². The summed E-state index contributed by atoms with van der Waals surface area (Å²) in [6.07, 6.45) is 4.01. The number of thiophene rings is 1. The standard InChI is InChI=1S/C28H27N3O4S/c1-35-21-6-2-5-20(19-21)12-13-31-27(33)23-8-3-9-24(26(23)28(31)34)29-14-16-30(17-15-29)25(32)11-10-22-7-4-18-36-22/h2-11,18-19H,12-17H2,1H3/b11-10+. The number of hydrogen-bond donors (Lipinski definition) is 0. The van der Waals surface area contributed by atoms with Crippen LogP contribution in [0.4, 0.5) is 5.69 Å². The highest BCUT2D eigenvalue weighted by Gasteiger charge is 2.38. The maximum atomic E-state index is 13.4. The molecule has 7 nitrogen and oxygen atoms in total. The molecule has 0 aliphatic carbocycles. The summed E-state index contributed by atoms with van der Waals surface area (Å²) < 4.78 is 5.27. The first kappa shape index (κ1) is 23.8. The fourth-order valence-corrected chi connectivity index (χ4v) is 5.28. The van der Waals surface area contributed by atoms with Crippen molar-refractivity contribution in [2.45, 2.75) is 6.42 Å². The second-order valence-corrected chi connectivity index (χ2v) is 9.70. The third-order valence-corrected chi connectivity index (χ3v) is 7.44. The van der Waals surface area contributed by atoms with Crippen molar-refractivity contribution in [1.82, 2.24) is 9.80 Å². The van der Waals surface area contributed by atoms with Gasteiger partial charge >= 0.3 is 0 Å². The first-order chi connectivity index (χ1) is 17.5. The largest absolute Gasteiger partial charge is 0.497 e. The number of benzene rings is 2. The Morgan fingerprint density at radius 2 is 1.81 bits per heavy atom. The van der Waals surface area contributed by atoms with E-state index in [0.717, 1.165) is 21.9 Å². The predicted octanol–water partition coefficient (Wildman–Crippen LogP) is 3.96. The zero-order valence-corrected chi connectivity index (χ0v) is 20.9. The Morgan fingerprint density at radius 3 is 2.56 bits per heavy atom. The third kappa shape index (κ3) is 4.77. The number of hydrogen-bond acceptors (Lipinski definition) is 6. The van der Waals surface area contributed by atoms with E-state index in [9.17, 15) is 14.4 Å². The Labute approximate surface area is 214 Å². The van der Waals surface area contributed by atoms with Gasteiger partial charge in [0.1, 0.15) is 5.75 Å². The van der Waals surface area contributed by atoms with E-state index in [4.69, 9.17) is 4.74 Å². The molecule has 0 unspecified atom stereocenters. The lowest BCUT2D eigenvalue weighted by atomic mass is 10.1. The van der Waals surface area contributed by atoms with Gasteiger partial charge in [-0.05, 0) is 53.8 Å². The molecule has 184 valence electrons. The monoisotopic (exact) mass is 501 g/mol. The summed E-state index contributed by atoms with van der Waals surface area (Å²) in [5, 5.41) is 1.98. The van der Waals surface area contributed by atoms with E-state index in [-0.39, 0.29) is 17.7 Å². The quantitative estimate of drug-likeness (QED) is 0.362. The number of piperazine rings is 1. The Balaban J connectivity index is 1.25. The molecule has 1 fully saturated rings. The van der Waals surface area contributed by atoms with E-state index in [1.807, 2.05) is 64.9 Å². The molecule has 3 heterocycles. The highest BCUT2D eigenvalue weighted by atomic mass is 32.1. The molecule has 2 aromatic carbocycles. The van der Waals surface area contributed by atoms with Gasteiger partial charge in [0.05, 0.1) is 23.9 Å². The SMILES string of the molecule is COc1cccc(CCN2C(=O)c3cccc(N4CCN(C(=O)/C=C/c5cccs5)CC4)c3C2=O)c1. The van der Waals surface area contributed by atoms with E-state index in [2.05, 4.69) is 4.90 Å². The number of amides is 3. The minimum Gasteiger partial charge on any atom is -0.497 e. The molecule has 8 heteroatoms. The van der Waals surface area contributed by atoms with Crippen LogP contribution in [0.3, 0.4) is 0 Å². The lowest BCUT2D eigenvalue weighted by Gasteiger charge is -2.36. The Kier molecular flexibility index (Phi) is 6.86. The van der Waals surface area contributed by atoms with E-state index in [1.54, 1.807) is 30.6 Å². The topological polar surface area (TPSA) is 70.2 Å². The van der Waals surface area contributed by atoms with Crippen molar-refractivity contribution in [2.75, 3.05) is 44.7 Å². The number of methoxy groups -OCH3 is 1. The van der Waals surface area contributed by atoms with Gasteiger partial charge in [0, 0.05) is 43.7 Å². The summed E-state index contributed by atoms with van der Waals surface area (Å²) in [7, 11) is 1.61. The van der Waals surface area contributed by atoms with E-state index in [1.165, 1.54) is 4.90 Å². The molecule has 5 rings (SSSR count). The van der Waals surface area contributed by atoms with E-state index in [0.29, 0.717) is 50.3 Å². The number of carbonyl (C=O) groups excluding carboxylic acids is 3. The lowest BCUT2D eigenvalue weighted by molar-refractivity contribution is -0.126. The molecule has 1 saturated heterocycles. The van der Waals surface area contributed by atoms with Crippen molar-refractivity contribution in [3.05, 3.63) is 87.6 Å². The molecule has 36 heavy (non-hydrogen) atoms. The van der Waals surface area contributed by atoms with Crippen LogP contribution in [0.15, 0.2) is 66.1 Å². The normalized spacial score (nSPS) is 15.6. The molecule has 0 spiro atoms. The zero-order chi connectivity index (χ0) is 25.1. The summed E-state index contributed by atoms with van der Waals surface area (Å²) in [5.41, 5.74) is 2.67. The van der Waals surface area contributed by atoms with Crippen molar-refractivity contribution in [3.63, 3.8) is 0 Å². The fourth-order valence-electron chi connectivity index (χ4n) is 4.66. The van der Waals surface area contributed by atoms with Gasteiger partial charge in [-0.2, -0.15) is 0 Å². The van der Waals surface area contributed by atoms with Crippen molar-refractivity contribution in [1.29, 1.82) is 0 Å². The van der Waals surface area contributed by atoms with Crippen LogP contribution >= 0.6 is 11.3 Å². The molecule has 2 aliphatic heterocycles. The smallest absolute Gasteiger partial charge is 0.263 e. The summed E-state index contributed by atoms with van der Waals surface area (Å²) in [5.74, 6) is 0.214. The van der Waals surface area contributed by atoms with Gasteiger partial charge in [-0.3, -0.25) is 19.3 Å². The number of fused-ring (bicyclic) bond motifs is 1. The van der Waals surface area contributed by atoms with Crippen molar-refractivity contribution < 1.29 is 19.1 Å². The van der Waals surface area contributed by atoms with E-state index < -0.39 is 0 Å². The average molecular weight is 502 g/mol. The van der Waals surface area contributed by atoms with Gasteiger partial charge in [0.2, 0.25) is 5.91 Å².